The Balaban J connectivity index is 1.73. The van der Waals surface area contributed by atoms with Crippen LogP contribution < -0.4 is 20.1 Å². The van der Waals surface area contributed by atoms with Crippen molar-refractivity contribution in [1.82, 2.24) is 9.97 Å². The Hall–Kier alpha value is -3.61. The van der Waals surface area contributed by atoms with Crippen LogP contribution >= 0.6 is 0 Å². The summed E-state index contributed by atoms with van der Waals surface area (Å²) >= 11 is 0. The summed E-state index contributed by atoms with van der Waals surface area (Å²) in [5, 5.41) is 5.93. The number of amides is 1. The zero-order chi connectivity index (χ0) is 19.9. The minimum absolute atomic E-state index is 0.275. The van der Waals surface area contributed by atoms with Gasteiger partial charge in [0.15, 0.2) is 0 Å². The number of methoxy groups -OCH3 is 1. The van der Waals surface area contributed by atoms with Gasteiger partial charge in [0.25, 0.3) is 5.91 Å². The lowest BCUT2D eigenvalue weighted by Crippen LogP contribution is -2.15. The quantitative estimate of drug-likeness (QED) is 0.641. The first kappa shape index (κ1) is 19.2. The molecule has 1 aromatic heterocycles. The van der Waals surface area contributed by atoms with E-state index < -0.39 is 0 Å². The third kappa shape index (κ3) is 4.97. The van der Waals surface area contributed by atoms with Crippen LogP contribution in [0.1, 0.15) is 23.1 Å². The van der Waals surface area contributed by atoms with Crippen molar-refractivity contribution >= 4 is 23.2 Å². The Morgan fingerprint density at radius 1 is 0.964 bits per heavy atom. The fraction of sp³-hybridized carbons (Fsp3) is 0.190. The van der Waals surface area contributed by atoms with E-state index in [4.69, 9.17) is 9.47 Å². The predicted molar refractivity (Wildman–Crippen MR) is 109 cm³/mol. The Bertz CT molecular complexity index is 941. The van der Waals surface area contributed by atoms with Gasteiger partial charge in [-0.1, -0.05) is 0 Å². The van der Waals surface area contributed by atoms with Crippen molar-refractivity contribution in [1.29, 1.82) is 0 Å². The molecule has 7 heteroatoms. The lowest BCUT2D eigenvalue weighted by molar-refractivity contribution is 0.102. The first-order chi connectivity index (χ1) is 13.6. The third-order valence-electron chi connectivity index (χ3n) is 3.86. The molecule has 0 aliphatic rings. The summed E-state index contributed by atoms with van der Waals surface area (Å²) in [5.41, 5.74) is 2.42. The smallest absolute Gasteiger partial charge is 0.274 e. The molecule has 0 saturated carbocycles. The van der Waals surface area contributed by atoms with Crippen LogP contribution in [0.4, 0.5) is 17.3 Å². The van der Waals surface area contributed by atoms with E-state index in [9.17, 15) is 4.79 Å². The van der Waals surface area contributed by atoms with E-state index in [1.54, 1.807) is 37.4 Å². The summed E-state index contributed by atoms with van der Waals surface area (Å²) in [4.78, 5) is 21.2. The number of hydrogen-bond donors (Lipinski definition) is 2. The number of aromatic nitrogens is 2. The molecule has 0 bridgehead atoms. The monoisotopic (exact) mass is 378 g/mol. The highest BCUT2D eigenvalue weighted by Crippen LogP contribution is 2.19. The molecule has 0 fully saturated rings. The van der Waals surface area contributed by atoms with E-state index in [1.807, 2.05) is 38.1 Å². The second-order valence-electron chi connectivity index (χ2n) is 5.98. The maximum absolute atomic E-state index is 12.6. The molecule has 0 radical (unpaired) electrons. The molecule has 0 atom stereocenters. The van der Waals surface area contributed by atoms with E-state index in [-0.39, 0.29) is 11.6 Å². The van der Waals surface area contributed by atoms with Crippen LogP contribution in [0.15, 0.2) is 54.6 Å². The Morgan fingerprint density at radius 2 is 1.61 bits per heavy atom. The van der Waals surface area contributed by atoms with Gasteiger partial charge in [0, 0.05) is 17.1 Å². The molecule has 0 aliphatic heterocycles. The maximum Gasteiger partial charge on any atom is 0.274 e. The zero-order valence-electron chi connectivity index (χ0n) is 16.0. The number of rotatable bonds is 7. The molecular weight excluding hydrogens is 356 g/mol. The summed E-state index contributed by atoms with van der Waals surface area (Å²) in [5.74, 6) is 1.55. The molecule has 28 heavy (non-hydrogen) atoms. The van der Waals surface area contributed by atoms with Crippen LogP contribution in [0, 0.1) is 6.92 Å². The van der Waals surface area contributed by atoms with Gasteiger partial charge in [0.05, 0.1) is 13.7 Å². The summed E-state index contributed by atoms with van der Waals surface area (Å²) in [6, 6.07) is 16.2. The summed E-state index contributed by atoms with van der Waals surface area (Å²) < 4.78 is 10.6. The standard InChI is InChI=1S/C21H22N4O3/c1-4-28-18-11-7-16(8-12-18)24-21-22-14(2)13-19(25-21)20(26)23-15-5-9-17(27-3)10-6-15/h5-13H,4H2,1-3H3,(H,23,26)(H,22,24,25). The van der Waals surface area contributed by atoms with Gasteiger partial charge in [0.1, 0.15) is 17.2 Å². The molecule has 2 N–H and O–H groups in total. The van der Waals surface area contributed by atoms with Crippen LogP contribution in [0.5, 0.6) is 11.5 Å². The average molecular weight is 378 g/mol. The highest BCUT2D eigenvalue weighted by molar-refractivity contribution is 6.03. The number of nitrogens with one attached hydrogen (secondary N) is 2. The van der Waals surface area contributed by atoms with Gasteiger partial charge < -0.3 is 20.1 Å². The van der Waals surface area contributed by atoms with Gasteiger partial charge in [-0.15, -0.1) is 0 Å². The number of carbonyl (C=O) groups excluding carboxylic acids is 1. The van der Waals surface area contributed by atoms with Crippen LogP contribution in [0.2, 0.25) is 0 Å². The Labute approximate surface area is 163 Å². The first-order valence-corrected chi connectivity index (χ1v) is 8.88. The SMILES string of the molecule is CCOc1ccc(Nc2nc(C)cc(C(=O)Nc3ccc(OC)cc3)n2)cc1. The van der Waals surface area contributed by atoms with Crippen molar-refractivity contribution in [2.75, 3.05) is 24.4 Å². The molecule has 0 saturated heterocycles. The second kappa shape index (κ2) is 8.85. The van der Waals surface area contributed by atoms with Crippen molar-refractivity contribution in [2.45, 2.75) is 13.8 Å². The molecule has 1 amide bonds. The Morgan fingerprint density at radius 3 is 2.25 bits per heavy atom. The lowest BCUT2D eigenvalue weighted by Gasteiger charge is -2.10. The summed E-state index contributed by atoms with van der Waals surface area (Å²) in [6.45, 7) is 4.36. The van der Waals surface area contributed by atoms with Crippen molar-refractivity contribution in [3.63, 3.8) is 0 Å². The molecular formula is C21H22N4O3. The van der Waals surface area contributed by atoms with E-state index >= 15 is 0 Å². The fourth-order valence-corrected chi connectivity index (χ4v) is 2.54. The van der Waals surface area contributed by atoms with Crippen LogP contribution in [0.25, 0.3) is 0 Å². The molecule has 7 nitrogen and oxygen atoms in total. The fourth-order valence-electron chi connectivity index (χ4n) is 2.54. The number of ether oxygens (including phenoxy) is 2. The molecule has 0 unspecified atom stereocenters. The number of benzene rings is 2. The molecule has 0 spiro atoms. The second-order valence-corrected chi connectivity index (χ2v) is 5.98. The van der Waals surface area contributed by atoms with Crippen LogP contribution in [-0.4, -0.2) is 29.6 Å². The summed E-state index contributed by atoms with van der Waals surface area (Å²) in [6.07, 6.45) is 0. The number of nitrogens with zero attached hydrogens (tertiary/aromatic N) is 2. The molecule has 0 aliphatic carbocycles. The average Bonchev–Trinajstić information content (AvgIpc) is 2.70. The molecule has 3 aromatic rings. The predicted octanol–water partition coefficient (Wildman–Crippen LogP) is 4.19. The largest absolute Gasteiger partial charge is 0.497 e. The van der Waals surface area contributed by atoms with Crippen LogP contribution in [-0.2, 0) is 0 Å². The van der Waals surface area contributed by atoms with E-state index in [1.165, 1.54) is 0 Å². The minimum atomic E-state index is -0.314. The van der Waals surface area contributed by atoms with Gasteiger partial charge >= 0.3 is 0 Å². The normalized spacial score (nSPS) is 10.2. The molecule has 1 heterocycles. The van der Waals surface area contributed by atoms with Crippen molar-refractivity contribution in [3.05, 3.63) is 66.0 Å². The van der Waals surface area contributed by atoms with E-state index in [2.05, 4.69) is 20.6 Å². The van der Waals surface area contributed by atoms with Gasteiger partial charge in [0.2, 0.25) is 5.95 Å². The van der Waals surface area contributed by atoms with E-state index in [0.29, 0.717) is 23.9 Å². The van der Waals surface area contributed by atoms with Crippen molar-refractivity contribution < 1.29 is 14.3 Å². The molecule has 144 valence electrons. The zero-order valence-corrected chi connectivity index (χ0v) is 16.0. The first-order valence-electron chi connectivity index (χ1n) is 8.88. The third-order valence-corrected chi connectivity index (χ3v) is 3.86. The molecule has 2 aromatic carbocycles. The topological polar surface area (TPSA) is 85.4 Å². The number of aryl methyl sites for hydroxylation is 1. The van der Waals surface area contributed by atoms with Crippen molar-refractivity contribution in [2.24, 2.45) is 0 Å². The summed E-state index contributed by atoms with van der Waals surface area (Å²) in [7, 11) is 1.59. The van der Waals surface area contributed by atoms with Crippen molar-refractivity contribution in [3.8, 4) is 11.5 Å². The number of carbonyl (C=O) groups is 1. The van der Waals surface area contributed by atoms with Gasteiger partial charge in [-0.2, -0.15) is 0 Å². The Kier molecular flexibility index (Phi) is 6.06. The molecule has 3 rings (SSSR count). The lowest BCUT2D eigenvalue weighted by atomic mass is 10.2. The van der Waals surface area contributed by atoms with Gasteiger partial charge in [-0.25, -0.2) is 9.97 Å². The number of hydrogen-bond acceptors (Lipinski definition) is 6. The number of anilines is 3. The van der Waals surface area contributed by atoms with Crippen LogP contribution in [0.3, 0.4) is 0 Å². The maximum atomic E-state index is 12.6. The minimum Gasteiger partial charge on any atom is -0.497 e. The van der Waals surface area contributed by atoms with Gasteiger partial charge in [-0.05, 0) is 68.4 Å². The highest BCUT2D eigenvalue weighted by Gasteiger charge is 2.11. The highest BCUT2D eigenvalue weighted by atomic mass is 16.5. The van der Waals surface area contributed by atoms with E-state index in [0.717, 1.165) is 17.2 Å². The van der Waals surface area contributed by atoms with Gasteiger partial charge in [-0.3, -0.25) is 4.79 Å².